The van der Waals surface area contributed by atoms with Crippen molar-refractivity contribution in [2.24, 2.45) is 0 Å². The lowest BCUT2D eigenvalue weighted by molar-refractivity contribution is -0.384. The highest BCUT2D eigenvalue weighted by Gasteiger charge is 2.17. The number of benzene rings is 2. The number of carbonyl (C=O) groups excluding carboxylic acids is 1. The van der Waals surface area contributed by atoms with Gasteiger partial charge < -0.3 is 15.7 Å². The van der Waals surface area contributed by atoms with Crippen LogP contribution in [0.4, 0.5) is 21.9 Å². The highest BCUT2D eigenvalue weighted by atomic mass is 16.6. The van der Waals surface area contributed by atoms with Gasteiger partial charge in [0.05, 0.1) is 16.2 Å². The Morgan fingerprint density at radius 1 is 1.13 bits per heavy atom. The number of carboxylic acid groups (broad SMARTS) is 1. The summed E-state index contributed by atoms with van der Waals surface area (Å²) in [5.74, 6) is -1.38. The minimum atomic E-state index is -1.38. The molecule has 0 unspecified atom stereocenters. The van der Waals surface area contributed by atoms with Gasteiger partial charge in [-0.3, -0.25) is 10.1 Å². The van der Waals surface area contributed by atoms with Crippen LogP contribution < -0.4 is 10.6 Å². The lowest BCUT2D eigenvalue weighted by Gasteiger charge is -2.10. The van der Waals surface area contributed by atoms with Crippen molar-refractivity contribution in [2.45, 2.75) is 6.92 Å². The molecule has 0 bridgehead atoms. The molecule has 0 fully saturated rings. The molecule has 0 saturated heterocycles. The SMILES string of the molecule is Cc1cccc(NC(=O)Nc2ccc([N+](=O)[O-])cc2C(=O)O)c1. The topological polar surface area (TPSA) is 122 Å². The minimum Gasteiger partial charge on any atom is -0.478 e. The van der Waals surface area contributed by atoms with Crippen molar-refractivity contribution in [1.29, 1.82) is 0 Å². The van der Waals surface area contributed by atoms with Crippen LogP contribution >= 0.6 is 0 Å². The molecule has 2 aromatic carbocycles. The highest BCUT2D eigenvalue weighted by molar-refractivity contribution is 6.05. The number of aryl methyl sites for hydroxylation is 1. The van der Waals surface area contributed by atoms with E-state index in [0.717, 1.165) is 17.7 Å². The van der Waals surface area contributed by atoms with Crippen molar-refractivity contribution >= 4 is 29.1 Å². The maximum atomic E-state index is 11.9. The number of aromatic carboxylic acids is 1. The molecule has 0 aliphatic heterocycles. The van der Waals surface area contributed by atoms with E-state index in [9.17, 15) is 19.7 Å². The summed E-state index contributed by atoms with van der Waals surface area (Å²) in [6.07, 6.45) is 0. The smallest absolute Gasteiger partial charge is 0.338 e. The summed E-state index contributed by atoms with van der Waals surface area (Å²) in [5, 5.41) is 24.7. The number of carbonyl (C=O) groups is 2. The first-order valence-corrected chi connectivity index (χ1v) is 6.53. The molecule has 23 heavy (non-hydrogen) atoms. The predicted molar refractivity (Wildman–Crippen MR) is 83.9 cm³/mol. The monoisotopic (exact) mass is 315 g/mol. The van der Waals surface area contributed by atoms with Gasteiger partial charge in [-0.25, -0.2) is 9.59 Å². The Kier molecular flexibility index (Phi) is 4.55. The number of nitro groups is 1. The van der Waals surface area contributed by atoms with E-state index < -0.39 is 16.9 Å². The number of nitrogens with one attached hydrogen (secondary N) is 2. The second kappa shape index (κ2) is 6.56. The standard InChI is InChI=1S/C15H13N3O5/c1-9-3-2-4-10(7-9)16-15(21)17-13-6-5-11(18(22)23)8-12(13)14(19)20/h2-8H,1H3,(H,19,20)(H2,16,17,21). The number of rotatable bonds is 4. The van der Waals surface area contributed by atoms with Gasteiger partial charge in [0.2, 0.25) is 0 Å². The molecular weight excluding hydrogens is 302 g/mol. The van der Waals surface area contributed by atoms with Crippen molar-refractivity contribution in [3.63, 3.8) is 0 Å². The van der Waals surface area contributed by atoms with Crippen molar-refractivity contribution < 1.29 is 19.6 Å². The maximum absolute atomic E-state index is 11.9. The number of hydrogen-bond donors (Lipinski definition) is 3. The number of amides is 2. The third kappa shape index (κ3) is 4.03. The number of hydrogen-bond acceptors (Lipinski definition) is 4. The molecule has 0 heterocycles. The average Bonchev–Trinajstić information content (AvgIpc) is 2.47. The molecule has 2 aromatic rings. The van der Waals surface area contributed by atoms with E-state index in [0.29, 0.717) is 5.69 Å². The van der Waals surface area contributed by atoms with E-state index in [1.807, 2.05) is 13.0 Å². The minimum absolute atomic E-state index is 0.0340. The Bertz CT molecular complexity index is 788. The fourth-order valence-corrected chi connectivity index (χ4v) is 1.94. The first-order valence-electron chi connectivity index (χ1n) is 6.53. The lowest BCUT2D eigenvalue weighted by atomic mass is 10.1. The normalized spacial score (nSPS) is 9.96. The van der Waals surface area contributed by atoms with Crippen LogP contribution in [0, 0.1) is 17.0 Å². The van der Waals surface area contributed by atoms with Crippen molar-refractivity contribution in [3.05, 3.63) is 63.7 Å². The van der Waals surface area contributed by atoms with Crippen LogP contribution in [0.3, 0.4) is 0 Å². The Morgan fingerprint density at radius 2 is 1.87 bits per heavy atom. The van der Waals surface area contributed by atoms with Gasteiger partial charge in [0.25, 0.3) is 5.69 Å². The molecule has 0 aromatic heterocycles. The second-order valence-electron chi connectivity index (χ2n) is 4.74. The quantitative estimate of drug-likeness (QED) is 0.590. The summed E-state index contributed by atoms with van der Waals surface area (Å²) >= 11 is 0. The molecule has 0 aliphatic rings. The van der Waals surface area contributed by atoms with E-state index in [4.69, 9.17) is 5.11 Å². The zero-order valence-corrected chi connectivity index (χ0v) is 12.1. The number of non-ortho nitro benzene ring substituents is 1. The summed E-state index contributed by atoms with van der Waals surface area (Å²) in [4.78, 5) is 33.1. The van der Waals surface area contributed by atoms with E-state index >= 15 is 0 Å². The van der Waals surface area contributed by atoms with E-state index in [2.05, 4.69) is 10.6 Å². The van der Waals surface area contributed by atoms with Crippen LogP contribution in [-0.2, 0) is 0 Å². The fourth-order valence-electron chi connectivity index (χ4n) is 1.94. The zero-order valence-electron chi connectivity index (χ0n) is 12.1. The zero-order chi connectivity index (χ0) is 17.0. The van der Waals surface area contributed by atoms with Crippen LogP contribution in [0.25, 0.3) is 0 Å². The Labute approximate surface area is 130 Å². The Balaban J connectivity index is 2.20. The van der Waals surface area contributed by atoms with Gasteiger partial charge in [-0.15, -0.1) is 0 Å². The number of anilines is 2. The molecule has 8 nitrogen and oxygen atoms in total. The second-order valence-corrected chi connectivity index (χ2v) is 4.74. The van der Waals surface area contributed by atoms with Crippen LogP contribution in [0.1, 0.15) is 15.9 Å². The van der Waals surface area contributed by atoms with E-state index in [1.54, 1.807) is 18.2 Å². The van der Waals surface area contributed by atoms with Crippen LogP contribution in [0.15, 0.2) is 42.5 Å². The first-order chi connectivity index (χ1) is 10.9. The molecule has 2 amide bonds. The van der Waals surface area contributed by atoms with Crippen molar-refractivity contribution in [3.8, 4) is 0 Å². The fraction of sp³-hybridized carbons (Fsp3) is 0.0667. The van der Waals surface area contributed by atoms with Crippen LogP contribution in [0.2, 0.25) is 0 Å². The molecule has 8 heteroatoms. The molecule has 0 atom stereocenters. The van der Waals surface area contributed by atoms with E-state index in [1.165, 1.54) is 6.07 Å². The summed E-state index contributed by atoms with van der Waals surface area (Å²) in [6, 6.07) is 9.60. The number of nitrogens with zero attached hydrogens (tertiary/aromatic N) is 1. The van der Waals surface area contributed by atoms with Crippen LogP contribution in [0.5, 0.6) is 0 Å². The molecule has 2 rings (SSSR count). The molecule has 0 radical (unpaired) electrons. The highest BCUT2D eigenvalue weighted by Crippen LogP contribution is 2.22. The number of nitro benzene ring substituents is 1. The first kappa shape index (κ1) is 16.0. The maximum Gasteiger partial charge on any atom is 0.338 e. The molecule has 0 saturated carbocycles. The molecule has 3 N–H and O–H groups in total. The van der Waals surface area contributed by atoms with Crippen molar-refractivity contribution in [2.75, 3.05) is 10.6 Å². The summed E-state index contributed by atoms with van der Waals surface area (Å²) < 4.78 is 0. The molecule has 118 valence electrons. The van der Waals surface area contributed by atoms with Crippen LogP contribution in [-0.4, -0.2) is 22.0 Å². The van der Waals surface area contributed by atoms with Gasteiger partial charge in [0, 0.05) is 17.8 Å². The largest absolute Gasteiger partial charge is 0.478 e. The van der Waals surface area contributed by atoms with Gasteiger partial charge in [-0.2, -0.15) is 0 Å². The van der Waals surface area contributed by atoms with Gasteiger partial charge in [0.15, 0.2) is 0 Å². The molecule has 0 spiro atoms. The number of urea groups is 1. The van der Waals surface area contributed by atoms with Gasteiger partial charge in [-0.1, -0.05) is 12.1 Å². The third-order valence-corrected chi connectivity index (χ3v) is 2.97. The van der Waals surface area contributed by atoms with Gasteiger partial charge in [-0.05, 0) is 30.7 Å². The Hall–Kier alpha value is -3.42. The Morgan fingerprint density at radius 3 is 2.48 bits per heavy atom. The average molecular weight is 315 g/mol. The lowest BCUT2D eigenvalue weighted by Crippen LogP contribution is -2.21. The van der Waals surface area contributed by atoms with Gasteiger partial charge >= 0.3 is 12.0 Å². The van der Waals surface area contributed by atoms with Gasteiger partial charge in [0.1, 0.15) is 0 Å². The molecule has 0 aliphatic carbocycles. The van der Waals surface area contributed by atoms with Crippen molar-refractivity contribution in [1.82, 2.24) is 0 Å². The number of carboxylic acids is 1. The van der Waals surface area contributed by atoms with E-state index in [-0.39, 0.29) is 16.9 Å². The summed E-state index contributed by atoms with van der Waals surface area (Å²) in [7, 11) is 0. The summed E-state index contributed by atoms with van der Waals surface area (Å²) in [5.41, 5.74) is 0.726. The predicted octanol–water partition coefficient (Wildman–Crippen LogP) is 3.25. The summed E-state index contributed by atoms with van der Waals surface area (Å²) in [6.45, 7) is 1.86. The molecular formula is C15H13N3O5. The third-order valence-electron chi connectivity index (χ3n) is 2.97.